The Balaban J connectivity index is 1.86. The van der Waals surface area contributed by atoms with Crippen LogP contribution < -0.4 is 10.9 Å². The fourth-order valence-electron chi connectivity index (χ4n) is 3.04. The monoisotopic (exact) mass is 361 g/mol. The summed E-state index contributed by atoms with van der Waals surface area (Å²) in [5, 5.41) is 12.5. The minimum atomic E-state index is -0.433. The zero-order chi connectivity index (χ0) is 19.4. The molecule has 0 aliphatic rings. The lowest BCUT2D eigenvalue weighted by molar-refractivity contribution is -0.114. The van der Waals surface area contributed by atoms with Gasteiger partial charge in [-0.1, -0.05) is 12.1 Å². The van der Waals surface area contributed by atoms with Gasteiger partial charge < -0.3 is 9.73 Å². The molecule has 2 aromatic carbocycles. The highest BCUT2D eigenvalue weighted by Crippen LogP contribution is 2.22. The standard InChI is InChI=1S/C21H19N3O3/c1-14(25)23-18-6-7-19-17(9-21(26)27-20(19)10-18)13-24(2)12-16-5-3-4-15(8-16)11-22/h3-10H,12-13H2,1-2H3,(H,23,25). The van der Waals surface area contributed by atoms with E-state index in [1.807, 2.05) is 31.3 Å². The first-order valence-electron chi connectivity index (χ1n) is 8.46. The normalized spacial score (nSPS) is 10.7. The number of hydrogen-bond donors (Lipinski definition) is 1. The minimum Gasteiger partial charge on any atom is -0.423 e. The molecule has 0 unspecified atom stereocenters. The average Bonchev–Trinajstić information content (AvgIpc) is 2.60. The summed E-state index contributed by atoms with van der Waals surface area (Å²) >= 11 is 0. The summed E-state index contributed by atoms with van der Waals surface area (Å²) in [7, 11) is 1.95. The molecule has 1 N–H and O–H groups in total. The van der Waals surface area contributed by atoms with Gasteiger partial charge in [-0.15, -0.1) is 0 Å². The Kier molecular flexibility index (Phi) is 5.34. The molecule has 136 valence electrons. The number of fused-ring (bicyclic) bond motifs is 1. The molecular weight excluding hydrogens is 342 g/mol. The molecule has 6 heteroatoms. The molecule has 1 amide bonds. The van der Waals surface area contributed by atoms with Crippen molar-refractivity contribution in [3.63, 3.8) is 0 Å². The summed E-state index contributed by atoms with van der Waals surface area (Å²) in [4.78, 5) is 25.2. The maximum atomic E-state index is 12.0. The summed E-state index contributed by atoms with van der Waals surface area (Å²) in [5.41, 5.74) is 3.07. The van der Waals surface area contributed by atoms with Gasteiger partial charge in [-0.25, -0.2) is 4.79 Å². The highest BCUT2D eigenvalue weighted by Gasteiger charge is 2.10. The van der Waals surface area contributed by atoms with Crippen LogP contribution in [-0.2, 0) is 17.9 Å². The maximum Gasteiger partial charge on any atom is 0.336 e. The topological polar surface area (TPSA) is 86.3 Å². The van der Waals surface area contributed by atoms with Crippen LogP contribution in [0.4, 0.5) is 5.69 Å². The van der Waals surface area contributed by atoms with Gasteiger partial charge in [0.1, 0.15) is 5.58 Å². The largest absolute Gasteiger partial charge is 0.423 e. The number of amides is 1. The third-order valence-electron chi connectivity index (χ3n) is 4.10. The van der Waals surface area contributed by atoms with Gasteiger partial charge in [0, 0.05) is 43.2 Å². The Hall–Kier alpha value is -3.43. The molecule has 0 saturated carbocycles. The van der Waals surface area contributed by atoms with E-state index in [1.54, 1.807) is 18.2 Å². The predicted molar refractivity (Wildman–Crippen MR) is 103 cm³/mol. The number of anilines is 1. The Morgan fingerprint density at radius 1 is 1.19 bits per heavy atom. The number of nitrogens with one attached hydrogen (secondary N) is 1. The van der Waals surface area contributed by atoms with E-state index in [9.17, 15) is 9.59 Å². The van der Waals surface area contributed by atoms with Crippen LogP contribution in [0.2, 0.25) is 0 Å². The van der Waals surface area contributed by atoms with Gasteiger partial charge in [0.2, 0.25) is 5.91 Å². The molecule has 0 aliphatic heterocycles. The van der Waals surface area contributed by atoms with Crippen LogP contribution in [0.5, 0.6) is 0 Å². The van der Waals surface area contributed by atoms with Crippen LogP contribution in [-0.4, -0.2) is 17.9 Å². The van der Waals surface area contributed by atoms with E-state index in [0.717, 1.165) is 16.5 Å². The van der Waals surface area contributed by atoms with Gasteiger partial charge >= 0.3 is 5.63 Å². The van der Waals surface area contributed by atoms with E-state index in [1.165, 1.54) is 13.0 Å². The Morgan fingerprint density at radius 2 is 2.00 bits per heavy atom. The summed E-state index contributed by atoms with van der Waals surface area (Å²) in [6.07, 6.45) is 0. The van der Waals surface area contributed by atoms with Crippen LogP contribution in [0.3, 0.4) is 0 Å². The number of carbonyl (C=O) groups is 1. The molecule has 6 nitrogen and oxygen atoms in total. The number of benzene rings is 2. The predicted octanol–water partition coefficient (Wildman–Crippen LogP) is 3.26. The second kappa shape index (κ2) is 7.85. The van der Waals surface area contributed by atoms with Gasteiger partial charge in [-0.05, 0) is 42.4 Å². The second-order valence-corrected chi connectivity index (χ2v) is 6.47. The first kappa shape index (κ1) is 18.4. The SMILES string of the molecule is CC(=O)Nc1ccc2c(CN(C)Cc3cccc(C#N)c3)cc(=O)oc2c1. The van der Waals surface area contributed by atoms with E-state index in [4.69, 9.17) is 9.68 Å². The van der Waals surface area contributed by atoms with Crippen molar-refractivity contribution < 1.29 is 9.21 Å². The number of carbonyl (C=O) groups excluding carboxylic acids is 1. The van der Waals surface area contributed by atoms with Gasteiger partial charge in [0.25, 0.3) is 0 Å². The molecule has 0 aliphatic carbocycles. The van der Waals surface area contributed by atoms with Crippen LogP contribution in [0, 0.1) is 11.3 Å². The zero-order valence-corrected chi connectivity index (χ0v) is 15.2. The molecular formula is C21H19N3O3. The van der Waals surface area contributed by atoms with Crippen LogP contribution in [0.1, 0.15) is 23.6 Å². The Morgan fingerprint density at radius 3 is 2.74 bits per heavy atom. The molecule has 0 spiro atoms. The highest BCUT2D eigenvalue weighted by atomic mass is 16.4. The molecule has 0 atom stereocenters. The molecule has 0 saturated heterocycles. The quantitative estimate of drug-likeness (QED) is 0.705. The maximum absolute atomic E-state index is 12.0. The molecule has 0 fully saturated rings. The van der Waals surface area contributed by atoms with Crippen molar-refractivity contribution in [2.75, 3.05) is 12.4 Å². The number of rotatable bonds is 5. The van der Waals surface area contributed by atoms with Crippen LogP contribution >= 0.6 is 0 Å². The molecule has 3 aromatic rings. The molecule has 0 radical (unpaired) electrons. The van der Waals surface area contributed by atoms with Gasteiger partial charge in [0.15, 0.2) is 0 Å². The summed E-state index contributed by atoms with van der Waals surface area (Å²) in [6, 6.07) is 16.3. The van der Waals surface area contributed by atoms with E-state index >= 15 is 0 Å². The van der Waals surface area contributed by atoms with E-state index in [-0.39, 0.29) is 5.91 Å². The molecule has 0 bridgehead atoms. The minimum absolute atomic E-state index is 0.188. The first-order valence-corrected chi connectivity index (χ1v) is 8.46. The van der Waals surface area contributed by atoms with Crippen molar-refractivity contribution in [2.24, 2.45) is 0 Å². The Labute approximate surface area is 156 Å². The van der Waals surface area contributed by atoms with Crippen LogP contribution in [0.15, 0.2) is 57.7 Å². The Bertz CT molecular complexity index is 1100. The fourth-order valence-corrected chi connectivity index (χ4v) is 3.04. The molecule has 1 heterocycles. The van der Waals surface area contributed by atoms with Gasteiger partial charge in [-0.2, -0.15) is 5.26 Å². The molecule has 27 heavy (non-hydrogen) atoms. The number of hydrogen-bond acceptors (Lipinski definition) is 5. The van der Waals surface area contributed by atoms with Crippen molar-refractivity contribution in [3.05, 3.63) is 75.6 Å². The van der Waals surface area contributed by atoms with Crippen molar-refractivity contribution in [3.8, 4) is 6.07 Å². The fraction of sp³-hybridized carbons (Fsp3) is 0.190. The lowest BCUT2D eigenvalue weighted by Gasteiger charge is -2.18. The number of nitrogens with zero attached hydrogens (tertiary/aromatic N) is 2. The third-order valence-corrected chi connectivity index (χ3v) is 4.10. The summed E-state index contributed by atoms with van der Waals surface area (Å²) in [5.74, 6) is -0.188. The van der Waals surface area contributed by atoms with E-state index in [0.29, 0.717) is 29.9 Å². The van der Waals surface area contributed by atoms with Gasteiger partial charge in [-0.3, -0.25) is 9.69 Å². The van der Waals surface area contributed by atoms with Gasteiger partial charge in [0.05, 0.1) is 11.6 Å². The number of nitriles is 1. The second-order valence-electron chi connectivity index (χ2n) is 6.47. The highest BCUT2D eigenvalue weighted by molar-refractivity contribution is 5.92. The zero-order valence-electron chi connectivity index (χ0n) is 15.2. The van der Waals surface area contributed by atoms with Crippen LogP contribution in [0.25, 0.3) is 11.0 Å². The summed E-state index contributed by atoms with van der Waals surface area (Å²) in [6.45, 7) is 2.60. The van der Waals surface area contributed by atoms with E-state index in [2.05, 4.69) is 16.3 Å². The lowest BCUT2D eigenvalue weighted by atomic mass is 10.1. The average molecular weight is 361 g/mol. The smallest absolute Gasteiger partial charge is 0.336 e. The van der Waals surface area contributed by atoms with Crippen molar-refractivity contribution in [1.82, 2.24) is 4.90 Å². The molecule has 3 rings (SSSR count). The summed E-state index contributed by atoms with van der Waals surface area (Å²) < 4.78 is 5.29. The first-order chi connectivity index (χ1) is 12.9. The van der Waals surface area contributed by atoms with E-state index < -0.39 is 5.63 Å². The van der Waals surface area contributed by atoms with Crippen molar-refractivity contribution in [1.29, 1.82) is 5.26 Å². The lowest BCUT2D eigenvalue weighted by Crippen LogP contribution is -2.18. The molecule has 1 aromatic heterocycles. The van der Waals surface area contributed by atoms with Crippen molar-refractivity contribution >= 4 is 22.6 Å². The van der Waals surface area contributed by atoms with Crippen molar-refractivity contribution in [2.45, 2.75) is 20.0 Å². The third kappa shape index (κ3) is 4.60.